The van der Waals surface area contributed by atoms with Gasteiger partial charge in [-0.1, -0.05) is 12.1 Å². The summed E-state index contributed by atoms with van der Waals surface area (Å²) in [5.74, 6) is -2.66. The van der Waals surface area contributed by atoms with Gasteiger partial charge >= 0.3 is 5.69 Å². The summed E-state index contributed by atoms with van der Waals surface area (Å²) < 4.78 is 32.6. The first-order chi connectivity index (χ1) is 9.90. The molecule has 21 heavy (non-hydrogen) atoms. The third-order valence-corrected chi connectivity index (χ3v) is 2.84. The van der Waals surface area contributed by atoms with E-state index in [-0.39, 0.29) is 11.8 Å². The van der Waals surface area contributed by atoms with Crippen LogP contribution in [0, 0.1) is 21.7 Å². The van der Waals surface area contributed by atoms with Crippen molar-refractivity contribution in [1.29, 1.82) is 0 Å². The second kappa shape index (κ2) is 5.84. The van der Waals surface area contributed by atoms with Crippen molar-refractivity contribution in [3.63, 3.8) is 0 Å². The topological polar surface area (TPSA) is 78.4 Å². The molecular formula is C14H12F2N2O3. The van der Waals surface area contributed by atoms with E-state index in [0.717, 1.165) is 18.2 Å². The molecular weight excluding hydrogens is 282 g/mol. The Morgan fingerprint density at radius 3 is 2.52 bits per heavy atom. The van der Waals surface area contributed by atoms with Crippen LogP contribution in [0.1, 0.15) is 18.5 Å². The number of hydrogen-bond donors (Lipinski definition) is 1. The van der Waals surface area contributed by atoms with Crippen molar-refractivity contribution in [2.75, 3.05) is 0 Å². The second-order valence-corrected chi connectivity index (χ2v) is 4.43. The van der Waals surface area contributed by atoms with Crippen LogP contribution < -0.4 is 10.5 Å². The molecule has 2 aromatic rings. The fourth-order valence-corrected chi connectivity index (χ4v) is 1.74. The number of nitrogens with two attached hydrogens (primary N) is 1. The zero-order valence-electron chi connectivity index (χ0n) is 11.0. The van der Waals surface area contributed by atoms with E-state index in [2.05, 4.69) is 0 Å². The molecule has 2 N–H and O–H groups in total. The molecule has 0 aromatic heterocycles. The number of ether oxygens (including phenoxy) is 1. The van der Waals surface area contributed by atoms with E-state index in [9.17, 15) is 18.9 Å². The molecule has 0 aliphatic rings. The molecule has 0 aliphatic carbocycles. The Balaban J connectivity index is 2.41. The summed E-state index contributed by atoms with van der Waals surface area (Å²) in [7, 11) is 0. The second-order valence-electron chi connectivity index (χ2n) is 4.43. The van der Waals surface area contributed by atoms with Crippen LogP contribution in [0.2, 0.25) is 0 Å². The summed E-state index contributed by atoms with van der Waals surface area (Å²) in [6, 6.07) is 6.78. The van der Waals surface area contributed by atoms with Crippen LogP contribution >= 0.6 is 0 Å². The fraction of sp³-hybridized carbons (Fsp3) is 0.143. The average Bonchev–Trinajstić information content (AvgIpc) is 2.42. The molecule has 0 aliphatic heterocycles. The minimum Gasteiger partial charge on any atom is -0.444 e. The average molecular weight is 294 g/mol. The van der Waals surface area contributed by atoms with Crippen molar-refractivity contribution in [3.05, 3.63) is 63.7 Å². The lowest BCUT2D eigenvalue weighted by atomic mass is 10.1. The van der Waals surface area contributed by atoms with Gasteiger partial charge in [-0.2, -0.15) is 0 Å². The van der Waals surface area contributed by atoms with Crippen molar-refractivity contribution in [2.45, 2.75) is 13.0 Å². The van der Waals surface area contributed by atoms with E-state index in [1.54, 1.807) is 6.92 Å². The molecule has 110 valence electrons. The standard InChI is InChI=1S/C14H12F2N2O3/c1-8(17)9-5-6-13(11(16)7-9)21-14-10(15)3-2-4-12(14)18(19)20/h2-8H,17H2,1H3. The van der Waals surface area contributed by atoms with Gasteiger partial charge < -0.3 is 10.5 Å². The first-order valence-electron chi connectivity index (χ1n) is 6.06. The summed E-state index contributed by atoms with van der Waals surface area (Å²) in [6.07, 6.45) is 0. The van der Waals surface area contributed by atoms with Gasteiger partial charge in [0.1, 0.15) is 0 Å². The summed E-state index contributed by atoms with van der Waals surface area (Å²) in [5.41, 5.74) is 5.57. The van der Waals surface area contributed by atoms with E-state index < -0.39 is 28.0 Å². The number of benzene rings is 2. The predicted molar refractivity (Wildman–Crippen MR) is 72.1 cm³/mol. The Morgan fingerprint density at radius 1 is 1.24 bits per heavy atom. The van der Waals surface area contributed by atoms with Gasteiger partial charge in [0, 0.05) is 12.1 Å². The third kappa shape index (κ3) is 3.14. The molecule has 0 bridgehead atoms. The number of nitro benzene ring substituents is 1. The van der Waals surface area contributed by atoms with Crippen LogP contribution in [0.4, 0.5) is 14.5 Å². The third-order valence-electron chi connectivity index (χ3n) is 2.84. The summed E-state index contributed by atoms with van der Waals surface area (Å²) >= 11 is 0. The van der Waals surface area contributed by atoms with Gasteiger partial charge in [-0.25, -0.2) is 8.78 Å². The van der Waals surface area contributed by atoms with Crippen LogP contribution in [0.15, 0.2) is 36.4 Å². The highest BCUT2D eigenvalue weighted by molar-refractivity contribution is 5.49. The maximum absolute atomic E-state index is 13.9. The highest BCUT2D eigenvalue weighted by Gasteiger charge is 2.21. The number of halogens is 2. The van der Waals surface area contributed by atoms with E-state index >= 15 is 0 Å². The van der Waals surface area contributed by atoms with Gasteiger partial charge in [0.2, 0.25) is 5.75 Å². The molecule has 5 nitrogen and oxygen atoms in total. The smallest absolute Gasteiger partial charge is 0.314 e. The Morgan fingerprint density at radius 2 is 1.95 bits per heavy atom. The molecule has 0 radical (unpaired) electrons. The van der Waals surface area contributed by atoms with Crippen LogP contribution in [0.3, 0.4) is 0 Å². The van der Waals surface area contributed by atoms with E-state index in [0.29, 0.717) is 5.56 Å². The Bertz CT molecular complexity index is 690. The Hall–Kier alpha value is -2.54. The first kappa shape index (κ1) is 14.9. The van der Waals surface area contributed by atoms with Crippen molar-refractivity contribution in [1.82, 2.24) is 0 Å². The van der Waals surface area contributed by atoms with Gasteiger partial charge in [0.15, 0.2) is 17.4 Å². The maximum Gasteiger partial charge on any atom is 0.314 e. The van der Waals surface area contributed by atoms with Gasteiger partial charge in [-0.15, -0.1) is 0 Å². The minimum absolute atomic E-state index is 0.312. The molecule has 0 saturated carbocycles. The Kier molecular flexibility index (Phi) is 4.13. The fourth-order valence-electron chi connectivity index (χ4n) is 1.74. The molecule has 0 amide bonds. The van der Waals surface area contributed by atoms with Crippen molar-refractivity contribution < 1.29 is 18.4 Å². The molecule has 0 spiro atoms. The maximum atomic E-state index is 13.9. The number of para-hydroxylation sites is 1. The molecule has 0 heterocycles. The lowest BCUT2D eigenvalue weighted by Crippen LogP contribution is -2.05. The highest BCUT2D eigenvalue weighted by Crippen LogP contribution is 2.35. The minimum atomic E-state index is -0.945. The van der Waals surface area contributed by atoms with E-state index in [4.69, 9.17) is 10.5 Å². The van der Waals surface area contributed by atoms with Gasteiger partial charge in [-0.3, -0.25) is 10.1 Å². The largest absolute Gasteiger partial charge is 0.444 e. The van der Waals surface area contributed by atoms with Crippen LogP contribution in [0.25, 0.3) is 0 Å². The SMILES string of the molecule is CC(N)c1ccc(Oc2c(F)cccc2[N+](=O)[O-])c(F)c1. The molecule has 0 fully saturated rings. The first-order valence-corrected chi connectivity index (χ1v) is 6.06. The van der Waals surface area contributed by atoms with Gasteiger partial charge in [-0.05, 0) is 30.7 Å². The van der Waals surface area contributed by atoms with E-state index in [1.165, 1.54) is 18.2 Å². The van der Waals surface area contributed by atoms with Crippen LogP contribution in [-0.2, 0) is 0 Å². The number of hydrogen-bond acceptors (Lipinski definition) is 4. The molecule has 0 saturated heterocycles. The van der Waals surface area contributed by atoms with Crippen molar-refractivity contribution in [2.24, 2.45) is 5.73 Å². The van der Waals surface area contributed by atoms with Crippen molar-refractivity contribution >= 4 is 5.69 Å². The Labute approximate surface area is 119 Å². The molecule has 2 rings (SSSR count). The normalized spacial score (nSPS) is 12.0. The predicted octanol–water partition coefficient (Wildman–Crippen LogP) is 3.69. The number of rotatable bonds is 4. The zero-order valence-corrected chi connectivity index (χ0v) is 11.0. The lowest BCUT2D eigenvalue weighted by Gasteiger charge is -2.10. The van der Waals surface area contributed by atoms with Crippen LogP contribution in [0.5, 0.6) is 11.5 Å². The summed E-state index contributed by atoms with van der Waals surface area (Å²) in [5, 5.41) is 10.8. The number of nitro groups is 1. The van der Waals surface area contributed by atoms with Crippen LogP contribution in [-0.4, -0.2) is 4.92 Å². The zero-order chi connectivity index (χ0) is 15.6. The summed E-state index contributed by atoms with van der Waals surface area (Å²) in [6.45, 7) is 1.68. The number of nitrogens with zero attached hydrogens (tertiary/aromatic N) is 1. The van der Waals surface area contributed by atoms with Crippen molar-refractivity contribution in [3.8, 4) is 11.5 Å². The molecule has 1 atom stereocenters. The molecule has 7 heteroatoms. The monoisotopic (exact) mass is 294 g/mol. The molecule has 1 unspecified atom stereocenters. The van der Waals surface area contributed by atoms with Gasteiger partial charge in [0.05, 0.1) is 4.92 Å². The quantitative estimate of drug-likeness (QED) is 0.689. The van der Waals surface area contributed by atoms with Gasteiger partial charge in [0.25, 0.3) is 0 Å². The molecule has 2 aromatic carbocycles. The summed E-state index contributed by atoms with van der Waals surface area (Å²) in [4.78, 5) is 10.0. The van der Waals surface area contributed by atoms with E-state index in [1.807, 2.05) is 0 Å². The lowest BCUT2D eigenvalue weighted by molar-refractivity contribution is -0.385. The highest BCUT2D eigenvalue weighted by atomic mass is 19.1.